The molecule has 0 heterocycles. The molecule has 0 atom stereocenters. The summed E-state index contributed by atoms with van der Waals surface area (Å²) in [6, 6.07) is 0. The van der Waals surface area contributed by atoms with E-state index < -0.39 is 0 Å². The SMILES string of the molecule is C=CC.C=CC=C.O=NO. The fourth-order valence-electron chi connectivity index (χ4n) is 0. The fraction of sp³-hybridized carbons (Fsp3) is 0.143. The third-order valence-electron chi connectivity index (χ3n) is 0.167. The Morgan fingerprint density at radius 1 is 1.30 bits per heavy atom. The molecule has 10 heavy (non-hydrogen) atoms. The molecule has 3 nitrogen and oxygen atoms in total. The lowest BCUT2D eigenvalue weighted by atomic mass is 10.6. The molecular weight excluding hydrogens is 130 g/mol. The van der Waals surface area contributed by atoms with Crippen molar-refractivity contribution in [3.05, 3.63) is 42.9 Å². The molecule has 0 unspecified atom stereocenters. The molecule has 0 bridgehead atoms. The normalized spacial score (nSPS) is 4.50. The molecule has 0 rings (SSSR count). The second kappa shape index (κ2) is 48.6. The van der Waals surface area contributed by atoms with Gasteiger partial charge in [-0.2, -0.15) is 0 Å². The molecule has 58 valence electrons. The largest absolute Gasteiger partial charge is 0.379 e. The Balaban J connectivity index is -0.0000000750. The van der Waals surface area contributed by atoms with Gasteiger partial charge in [0.1, 0.15) is 0 Å². The van der Waals surface area contributed by atoms with Crippen molar-refractivity contribution in [2.75, 3.05) is 0 Å². The minimum absolute atomic E-state index is 1.25. The number of hydrogen-bond donors (Lipinski definition) is 1. The summed E-state index contributed by atoms with van der Waals surface area (Å²) in [5.74, 6) is 0. The van der Waals surface area contributed by atoms with E-state index in [4.69, 9.17) is 10.1 Å². The van der Waals surface area contributed by atoms with Gasteiger partial charge < -0.3 is 5.21 Å². The third-order valence-corrected chi connectivity index (χ3v) is 0.167. The second-order valence-corrected chi connectivity index (χ2v) is 0.961. The van der Waals surface area contributed by atoms with Crippen molar-refractivity contribution >= 4 is 0 Å². The van der Waals surface area contributed by atoms with Crippen LogP contribution in [0.25, 0.3) is 0 Å². The van der Waals surface area contributed by atoms with Crippen LogP contribution in [0.15, 0.2) is 43.3 Å². The monoisotopic (exact) mass is 143 g/mol. The van der Waals surface area contributed by atoms with Gasteiger partial charge in [0.25, 0.3) is 0 Å². The molecule has 0 radical (unpaired) electrons. The highest BCUT2D eigenvalue weighted by atomic mass is 16.6. The van der Waals surface area contributed by atoms with Gasteiger partial charge in [0.05, 0.1) is 0 Å². The predicted molar refractivity (Wildman–Crippen MR) is 43.8 cm³/mol. The van der Waals surface area contributed by atoms with Gasteiger partial charge in [0.2, 0.25) is 0 Å². The van der Waals surface area contributed by atoms with Crippen molar-refractivity contribution in [3.8, 4) is 0 Å². The Morgan fingerprint density at radius 3 is 1.40 bits per heavy atom. The summed E-state index contributed by atoms with van der Waals surface area (Å²) < 4.78 is 0. The molecule has 0 fully saturated rings. The molecule has 0 aliphatic heterocycles. The first-order chi connectivity index (χ1) is 4.74. The zero-order valence-electron chi connectivity index (χ0n) is 6.16. The first-order valence-corrected chi connectivity index (χ1v) is 2.52. The van der Waals surface area contributed by atoms with Gasteiger partial charge in [0.15, 0.2) is 5.34 Å². The Bertz CT molecular complexity index is 77.6. The maximum atomic E-state index is 8.11. The lowest BCUT2D eigenvalue weighted by molar-refractivity contribution is 0.312. The summed E-state index contributed by atoms with van der Waals surface area (Å²) in [5, 5.41) is 7.89. The van der Waals surface area contributed by atoms with Crippen molar-refractivity contribution < 1.29 is 5.21 Å². The van der Waals surface area contributed by atoms with Crippen LogP contribution >= 0.6 is 0 Å². The van der Waals surface area contributed by atoms with Crippen LogP contribution in [0, 0.1) is 4.91 Å². The first-order valence-electron chi connectivity index (χ1n) is 2.52. The maximum absolute atomic E-state index is 8.11. The zero-order chi connectivity index (χ0) is 8.83. The van der Waals surface area contributed by atoms with Crippen LogP contribution in [-0.4, -0.2) is 5.21 Å². The van der Waals surface area contributed by atoms with Crippen LogP contribution < -0.4 is 0 Å². The van der Waals surface area contributed by atoms with E-state index >= 15 is 0 Å². The smallest absolute Gasteiger partial charge is 0.152 e. The van der Waals surface area contributed by atoms with Crippen molar-refractivity contribution in [1.29, 1.82) is 0 Å². The molecular formula is C7H13NO2. The van der Waals surface area contributed by atoms with E-state index in [-0.39, 0.29) is 0 Å². The number of nitrogens with zero attached hydrogens (tertiary/aromatic N) is 1. The molecule has 0 aliphatic carbocycles. The lowest BCUT2D eigenvalue weighted by Crippen LogP contribution is -1.25. The quantitative estimate of drug-likeness (QED) is 0.265. The van der Waals surface area contributed by atoms with E-state index in [2.05, 4.69) is 19.7 Å². The van der Waals surface area contributed by atoms with E-state index in [0.29, 0.717) is 0 Å². The van der Waals surface area contributed by atoms with E-state index in [1.165, 1.54) is 5.34 Å². The summed E-state index contributed by atoms with van der Waals surface area (Å²) in [4.78, 5) is 8.11. The van der Waals surface area contributed by atoms with Gasteiger partial charge >= 0.3 is 0 Å². The van der Waals surface area contributed by atoms with E-state index in [9.17, 15) is 0 Å². The first kappa shape index (κ1) is 15.8. The van der Waals surface area contributed by atoms with Crippen molar-refractivity contribution in [2.45, 2.75) is 6.92 Å². The minimum Gasteiger partial charge on any atom is -0.379 e. The molecule has 3 heteroatoms. The number of hydrogen-bond acceptors (Lipinski definition) is 2. The summed E-state index contributed by atoms with van der Waals surface area (Å²) in [5.41, 5.74) is 0. The van der Waals surface area contributed by atoms with Gasteiger partial charge in [0, 0.05) is 0 Å². The Morgan fingerprint density at radius 2 is 1.40 bits per heavy atom. The van der Waals surface area contributed by atoms with E-state index in [0.717, 1.165) is 0 Å². The van der Waals surface area contributed by atoms with Crippen LogP contribution in [0.1, 0.15) is 6.92 Å². The van der Waals surface area contributed by atoms with Crippen LogP contribution in [0.5, 0.6) is 0 Å². The molecule has 1 N–H and O–H groups in total. The van der Waals surface area contributed by atoms with Crippen molar-refractivity contribution in [1.82, 2.24) is 0 Å². The van der Waals surface area contributed by atoms with Gasteiger partial charge in [-0.3, -0.25) is 0 Å². The fourth-order valence-corrected chi connectivity index (χ4v) is 0. The van der Waals surface area contributed by atoms with Gasteiger partial charge in [-0.1, -0.05) is 31.4 Å². The summed E-state index contributed by atoms with van der Waals surface area (Å²) in [6.45, 7) is 12.0. The van der Waals surface area contributed by atoms with E-state index in [1.807, 2.05) is 6.92 Å². The molecule has 0 aromatic rings. The van der Waals surface area contributed by atoms with Crippen molar-refractivity contribution in [3.63, 3.8) is 0 Å². The van der Waals surface area contributed by atoms with Crippen molar-refractivity contribution in [2.24, 2.45) is 5.34 Å². The molecule has 0 saturated carbocycles. The Hall–Kier alpha value is -1.38. The van der Waals surface area contributed by atoms with E-state index in [1.54, 1.807) is 18.2 Å². The topological polar surface area (TPSA) is 49.7 Å². The Labute approximate surface area is 61.3 Å². The molecule has 0 aromatic carbocycles. The van der Waals surface area contributed by atoms with Gasteiger partial charge in [-0.15, -0.1) is 11.5 Å². The third kappa shape index (κ3) is 1450. The average Bonchev–Trinajstić information content (AvgIpc) is 1.91. The van der Waals surface area contributed by atoms with Crippen LogP contribution in [-0.2, 0) is 0 Å². The number of allylic oxidation sites excluding steroid dienone is 3. The standard InChI is InChI=1S/C4H6.C3H6.HNO2/c1-3-4-2;1-3-2;2-1-3/h3-4H,1-2H2;3H,1H2,2H3;(H,2,3). The Kier molecular flexibility index (Phi) is 77.1. The maximum Gasteiger partial charge on any atom is 0.152 e. The summed E-state index contributed by atoms with van der Waals surface area (Å²) >= 11 is 0. The van der Waals surface area contributed by atoms with Gasteiger partial charge in [-0.25, -0.2) is 0 Å². The lowest BCUT2D eigenvalue weighted by Gasteiger charge is -1.44. The van der Waals surface area contributed by atoms with Gasteiger partial charge in [-0.05, 0) is 6.92 Å². The zero-order valence-corrected chi connectivity index (χ0v) is 6.16. The molecule has 0 spiro atoms. The molecule has 0 aromatic heterocycles. The van der Waals surface area contributed by atoms with Crippen LogP contribution in [0.2, 0.25) is 0 Å². The molecule has 0 aliphatic rings. The summed E-state index contributed by atoms with van der Waals surface area (Å²) in [7, 11) is 0. The van der Waals surface area contributed by atoms with Crippen LogP contribution in [0.3, 0.4) is 0 Å². The number of rotatable bonds is 1. The second-order valence-electron chi connectivity index (χ2n) is 0.961. The highest BCUT2D eigenvalue weighted by molar-refractivity contribution is 4.88. The highest BCUT2D eigenvalue weighted by Crippen LogP contribution is 1.52. The molecule has 0 saturated heterocycles. The highest BCUT2D eigenvalue weighted by Gasteiger charge is 1.29. The predicted octanol–water partition coefficient (Wildman–Crippen LogP) is 2.69. The minimum atomic E-state index is 1.25. The molecule has 0 amide bonds. The van der Waals surface area contributed by atoms with Crippen LogP contribution in [0.4, 0.5) is 0 Å². The summed E-state index contributed by atoms with van der Waals surface area (Å²) in [6.07, 6.45) is 5.03. The average molecular weight is 143 g/mol.